The quantitative estimate of drug-likeness (QED) is 0.400. The van der Waals surface area contributed by atoms with Crippen molar-refractivity contribution in [1.29, 1.82) is 0 Å². The Kier molecular flexibility index (Phi) is 6.64. The molecule has 1 aromatic carbocycles. The summed E-state index contributed by atoms with van der Waals surface area (Å²) in [5.74, 6) is 0.683. The summed E-state index contributed by atoms with van der Waals surface area (Å²) in [4.78, 5) is 7.24. The number of rotatable bonds is 8. The van der Waals surface area contributed by atoms with Crippen LogP contribution in [0.15, 0.2) is 42.6 Å². The van der Waals surface area contributed by atoms with Gasteiger partial charge in [0.05, 0.1) is 12.7 Å². The van der Waals surface area contributed by atoms with E-state index in [9.17, 15) is 4.39 Å². The summed E-state index contributed by atoms with van der Waals surface area (Å²) in [5.41, 5.74) is 3.13. The van der Waals surface area contributed by atoms with E-state index in [1.165, 1.54) is 12.1 Å². The number of nitrogens with one attached hydrogen (secondary N) is 1. The SMILES string of the molecule is CC(C)Oc1cc(F)cc2ccc(-c3nnc4ccc([C@H](C)N5CC[C@H](NCCO)C5)cn34)nc12. The van der Waals surface area contributed by atoms with Gasteiger partial charge in [0, 0.05) is 49.4 Å². The molecule has 5 rings (SSSR count). The van der Waals surface area contributed by atoms with Crippen LogP contribution in [0.1, 0.15) is 38.8 Å². The molecule has 3 aromatic heterocycles. The Balaban J connectivity index is 1.48. The molecule has 1 fully saturated rings. The Labute approximate surface area is 203 Å². The summed E-state index contributed by atoms with van der Waals surface area (Å²) >= 11 is 0. The number of ether oxygens (including phenoxy) is 1. The van der Waals surface area contributed by atoms with Gasteiger partial charge in [-0.25, -0.2) is 9.37 Å². The number of hydrogen-bond donors (Lipinski definition) is 2. The van der Waals surface area contributed by atoms with Crippen LogP contribution >= 0.6 is 0 Å². The van der Waals surface area contributed by atoms with E-state index in [1.807, 2.05) is 36.4 Å². The van der Waals surface area contributed by atoms with E-state index >= 15 is 0 Å². The smallest absolute Gasteiger partial charge is 0.187 e. The summed E-state index contributed by atoms with van der Waals surface area (Å²) in [6, 6.07) is 11.2. The van der Waals surface area contributed by atoms with E-state index < -0.39 is 0 Å². The largest absolute Gasteiger partial charge is 0.489 e. The molecule has 9 heteroatoms. The Hall–Kier alpha value is -3.14. The first-order valence-electron chi connectivity index (χ1n) is 12.1. The highest BCUT2D eigenvalue weighted by Crippen LogP contribution is 2.30. The molecule has 4 heterocycles. The third-order valence-corrected chi connectivity index (χ3v) is 6.53. The van der Waals surface area contributed by atoms with Crippen molar-refractivity contribution in [2.45, 2.75) is 45.4 Å². The topological polar surface area (TPSA) is 87.8 Å². The lowest BCUT2D eigenvalue weighted by Gasteiger charge is -2.25. The third-order valence-electron chi connectivity index (χ3n) is 6.53. The first-order valence-corrected chi connectivity index (χ1v) is 12.1. The molecule has 0 radical (unpaired) electrons. The van der Waals surface area contributed by atoms with Gasteiger partial charge in [0.25, 0.3) is 0 Å². The van der Waals surface area contributed by atoms with Gasteiger partial charge in [-0.2, -0.15) is 0 Å². The molecule has 184 valence electrons. The van der Waals surface area contributed by atoms with Crippen molar-refractivity contribution in [3.05, 3.63) is 54.0 Å². The molecule has 0 bridgehead atoms. The highest BCUT2D eigenvalue weighted by atomic mass is 19.1. The Bertz CT molecular complexity index is 1340. The maximum absolute atomic E-state index is 14.1. The Morgan fingerprint density at radius 3 is 2.83 bits per heavy atom. The second kappa shape index (κ2) is 9.85. The summed E-state index contributed by atoms with van der Waals surface area (Å²) in [7, 11) is 0. The average Bonchev–Trinajstić information content (AvgIpc) is 3.48. The van der Waals surface area contributed by atoms with Gasteiger partial charge in [-0.3, -0.25) is 9.30 Å². The van der Waals surface area contributed by atoms with Gasteiger partial charge in [-0.05, 0) is 51.0 Å². The zero-order chi connectivity index (χ0) is 24.5. The van der Waals surface area contributed by atoms with Crippen LogP contribution in [-0.2, 0) is 0 Å². The van der Waals surface area contributed by atoms with Crippen LogP contribution in [0.3, 0.4) is 0 Å². The minimum Gasteiger partial charge on any atom is -0.489 e. The second-order valence-electron chi connectivity index (χ2n) is 9.39. The van der Waals surface area contributed by atoms with Gasteiger partial charge in [0.1, 0.15) is 22.8 Å². The van der Waals surface area contributed by atoms with E-state index in [-0.39, 0.29) is 24.6 Å². The van der Waals surface area contributed by atoms with Gasteiger partial charge in [0.15, 0.2) is 11.5 Å². The molecular formula is C26H31FN6O2. The van der Waals surface area contributed by atoms with Crippen molar-refractivity contribution in [1.82, 2.24) is 29.8 Å². The fraction of sp³-hybridized carbons (Fsp3) is 0.423. The van der Waals surface area contributed by atoms with Gasteiger partial charge >= 0.3 is 0 Å². The van der Waals surface area contributed by atoms with E-state index in [2.05, 4.69) is 39.6 Å². The van der Waals surface area contributed by atoms with Crippen LogP contribution in [0.2, 0.25) is 0 Å². The van der Waals surface area contributed by atoms with E-state index in [0.717, 1.165) is 30.7 Å². The maximum atomic E-state index is 14.1. The van der Waals surface area contributed by atoms with Crippen molar-refractivity contribution in [3.8, 4) is 17.3 Å². The van der Waals surface area contributed by atoms with Crippen molar-refractivity contribution in [2.24, 2.45) is 0 Å². The fourth-order valence-electron chi connectivity index (χ4n) is 4.75. The summed E-state index contributed by atoms with van der Waals surface area (Å²) < 4.78 is 21.9. The normalized spacial score (nSPS) is 17.6. The van der Waals surface area contributed by atoms with Crippen LogP contribution in [0.25, 0.3) is 28.1 Å². The van der Waals surface area contributed by atoms with Crippen LogP contribution in [0.5, 0.6) is 5.75 Å². The monoisotopic (exact) mass is 478 g/mol. The van der Waals surface area contributed by atoms with Crippen molar-refractivity contribution >= 4 is 16.6 Å². The van der Waals surface area contributed by atoms with Gasteiger partial charge in [0.2, 0.25) is 0 Å². The van der Waals surface area contributed by atoms with Gasteiger partial charge in [-0.1, -0.05) is 12.1 Å². The number of fused-ring (bicyclic) bond motifs is 2. The Morgan fingerprint density at radius 2 is 2.03 bits per heavy atom. The zero-order valence-corrected chi connectivity index (χ0v) is 20.3. The Morgan fingerprint density at radius 1 is 1.17 bits per heavy atom. The number of aliphatic hydroxyl groups is 1. The van der Waals surface area contributed by atoms with Crippen LogP contribution < -0.4 is 10.1 Å². The number of aliphatic hydroxyl groups excluding tert-OH is 1. The molecule has 1 aliphatic heterocycles. The van der Waals surface area contributed by atoms with Crippen molar-refractivity contribution in [3.63, 3.8) is 0 Å². The molecule has 0 unspecified atom stereocenters. The summed E-state index contributed by atoms with van der Waals surface area (Å²) in [6.45, 7) is 8.73. The first-order chi connectivity index (χ1) is 16.9. The molecule has 8 nitrogen and oxygen atoms in total. The van der Waals surface area contributed by atoms with Crippen LogP contribution in [0, 0.1) is 5.82 Å². The predicted molar refractivity (Wildman–Crippen MR) is 133 cm³/mol. The average molecular weight is 479 g/mol. The lowest BCUT2D eigenvalue weighted by molar-refractivity contribution is 0.244. The molecule has 0 saturated carbocycles. The summed E-state index contributed by atoms with van der Waals surface area (Å²) in [5, 5.41) is 21.9. The zero-order valence-electron chi connectivity index (χ0n) is 20.3. The molecule has 0 aliphatic carbocycles. The number of benzene rings is 1. The molecule has 0 spiro atoms. The van der Waals surface area contributed by atoms with E-state index in [4.69, 9.17) is 14.8 Å². The lowest BCUT2D eigenvalue weighted by Crippen LogP contribution is -2.35. The minimum atomic E-state index is -0.357. The van der Waals surface area contributed by atoms with Crippen LogP contribution in [0.4, 0.5) is 4.39 Å². The van der Waals surface area contributed by atoms with Crippen molar-refractivity contribution in [2.75, 3.05) is 26.2 Å². The molecule has 1 saturated heterocycles. The number of likely N-dealkylation sites (tertiary alicyclic amines) is 1. The lowest BCUT2D eigenvalue weighted by atomic mass is 10.1. The molecule has 2 N–H and O–H groups in total. The first kappa shape index (κ1) is 23.6. The number of aromatic nitrogens is 4. The molecule has 35 heavy (non-hydrogen) atoms. The summed E-state index contributed by atoms with van der Waals surface area (Å²) in [6.07, 6.45) is 3.03. The highest BCUT2D eigenvalue weighted by molar-refractivity contribution is 5.86. The second-order valence-corrected chi connectivity index (χ2v) is 9.39. The number of pyridine rings is 2. The molecular weight excluding hydrogens is 447 g/mol. The standard InChI is InChI=1S/C26H31FN6O2/c1-16(2)35-23-13-20(27)12-18-4-6-22(29-25(18)23)26-31-30-24-7-5-19(14-33(24)26)17(3)32-10-8-21(15-32)28-9-11-34/h4-7,12-14,16-17,21,28,34H,8-11,15H2,1-3H3/t17-,21-/m0/s1. The number of halogens is 1. The number of nitrogens with zero attached hydrogens (tertiary/aromatic N) is 5. The highest BCUT2D eigenvalue weighted by Gasteiger charge is 2.27. The molecule has 4 aromatic rings. The third kappa shape index (κ3) is 4.84. The molecule has 0 amide bonds. The predicted octanol–water partition coefficient (Wildman–Crippen LogP) is 3.59. The fourth-order valence-corrected chi connectivity index (χ4v) is 4.75. The van der Waals surface area contributed by atoms with Gasteiger partial charge < -0.3 is 15.2 Å². The molecule has 1 aliphatic rings. The van der Waals surface area contributed by atoms with E-state index in [1.54, 1.807) is 0 Å². The maximum Gasteiger partial charge on any atom is 0.187 e. The minimum absolute atomic E-state index is 0.104. The number of hydrogen-bond acceptors (Lipinski definition) is 7. The van der Waals surface area contributed by atoms with Crippen LogP contribution in [-0.4, -0.2) is 68.0 Å². The van der Waals surface area contributed by atoms with Gasteiger partial charge in [-0.15, -0.1) is 10.2 Å². The molecule has 2 atom stereocenters. The van der Waals surface area contributed by atoms with E-state index in [0.29, 0.717) is 40.8 Å². The van der Waals surface area contributed by atoms with Crippen molar-refractivity contribution < 1.29 is 14.2 Å².